The van der Waals surface area contributed by atoms with Crippen LogP contribution in [0.1, 0.15) is 12.8 Å². The molecule has 120 valence electrons. The van der Waals surface area contributed by atoms with Gasteiger partial charge in [0, 0.05) is 31.5 Å². The number of piperidine rings is 1. The fourth-order valence-electron chi connectivity index (χ4n) is 3.41. The van der Waals surface area contributed by atoms with Crippen LogP contribution in [-0.2, 0) is 9.84 Å². The van der Waals surface area contributed by atoms with Crippen molar-refractivity contribution in [3.05, 3.63) is 28.3 Å². The van der Waals surface area contributed by atoms with Gasteiger partial charge in [0.1, 0.15) is 5.69 Å². The predicted octanol–water partition coefficient (Wildman–Crippen LogP) is 1.19. The first-order valence-electron chi connectivity index (χ1n) is 7.33. The van der Waals surface area contributed by atoms with Crippen molar-refractivity contribution < 1.29 is 13.3 Å². The molecule has 1 aromatic rings. The molecular formula is C14H19N3O4S. The Hall–Kier alpha value is -1.67. The standard InChI is InChI=1S/C14H19N3O4S/c1-22(20,21)11-2-3-13(14(8-11)17(18)19)16-7-5-12-10(9-16)4-6-15-12/h2-3,8,10,12,15H,4-7,9H2,1H3. The van der Waals surface area contributed by atoms with Gasteiger partial charge in [-0.1, -0.05) is 0 Å². The molecule has 2 heterocycles. The van der Waals surface area contributed by atoms with E-state index in [1.807, 2.05) is 4.90 Å². The van der Waals surface area contributed by atoms with E-state index in [2.05, 4.69) is 5.32 Å². The third-order valence-electron chi connectivity index (χ3n) is 4.57. The molecule has 3 rings (SSSR count). The highest BCUT2D eigenvalue weighted by molar-refractivity contribution is 7.90. The first-order chi connectivity index (χ1) is 10.4. The number of nitro benzene ring substituents is 1. The SMILES string of the molecule is CS(=O)(=O)c1ccc(N2CCC3NCCC3C2)c([N+](=O)[O-])c1. The molecule has 2 aliphatic heterocycles. The van der Waals surface area contributed by atoms with Gasteiger partial charge >= 0.3 is 0 Å². The summed E-state index contributed by atoms with van der Waals surface area (Å²) in [5, 5.41) is 14.8. The Morgan fingerprint density at radius 3 is 2.82 bits per heavy atom. The second-order valence-electron chi connectivity index (χ2n) is 6.02. The van der Waals surface area contributed by atoms with Crippen molar-refractivity contribution >= 4 is 21.2 Å². The Labute approximate surface area is 129 Å². The van der Waals surface area contributed by atoms with Crippen LogP contribution in [0, 0.1) is 16.0 Å². The van der Waals surface area contributed by atoms with Crippen LogP contribution in [-0.4, -0.2) is 45.3 Å². The summed E-state index contributed by atoms with van der Waals surface area (Å²) in [5.74, 6) is 0.503. The first kappa shape index (κ1) is 15.2. The van der Waals surface area contributed by atoms with Gasteiger partial charge in [-0.3, -0.25) is 10.1 Å². The number of benzene rings is 1. The molecule has 2 atom stereocenters. The van der Waals surface area contributed by atoms with E-state index >= 15 is 0 Å². The molecule has 7 nitrogen and oxygen atoms in total. The topological polar surface area (TPSA) is 92.6 Å². The van der Waals surface area contributed by atoms with Gasteiger partial charge in [-0.2, -0.15) is 0 Å². The highest BCUT2D eigenvalue weighted by Gasteiger charge is 2.34. The number of hydrogen-bond donors (Lipinski definition) is 1. The summed E-state index contributed by atoms with van der Waals surface area (Å²) >= 11 is 0. The summed E-state index contributed by atoms with van der Waals surface area (Å²) in [6.07, 6.45) is 3.09. The third-order valence-corrected chi connectivity index (χ3v) is 5.68. The lowest BCUT2D eigenvalue weighted by molar-refractivity contribution is -0.384. The molecule has 8 heteroatoms. The Morgan fingerprint density at radius 1 is 1.36 bits per heavy atom. The predicted molar refractivity (Wildman–Crippen MR) is 82.9 cm³/mol. The van der Waals surface area contributed by atoms with Gasteiger partial charge < -0.3 is 10.2 Å². The molecule has 0 amide bonds. The second-order valence-corrected chi connectivity index (χ2v) is 8.04. The van der Waals surface area contributed by atoms with Gasteiger partial charge in [0.15, 0.2) is 9.84 Å². The van der Waals surface area contributed by atoms with Gasteiger partial charge in [0.25, 0.3) is 5.69 Å². The van der Waals surface area contributed by atoms with Crippen LogP contribution >= 0.6 is 0 Å². The number of hydrogen-bond acceptors (Lipinski definition) is 6. The Bertz CT molecular complexity index is 704. The average molecular weight is 325 g/mol. The maximum absolute atomic E-state index is 11.6. The molecule has 0 bridgehead atoms. The van der Waals surface area contributed by atoms with Crippen LogP contribution < -0.4 is 10.2 Å². The lowest BCUT2D eigenvalue weighted by Gasteiger charge is -2.36. The number of nitrogens with one attached hydrogen (secondary N) is 1. The molecule has 0 aliphatic carbocycles. The Kier molecular flexibility index (Phi) is 3.82. The largest absolute Gasteiger partial charge is 0.366 e. The summed E-state index contributed by atoms with van der Waals surface area (Å²) in [5.41, 5.74) is 0.384. The first-order valence-corrected chi connectivity index (χ1v) is 9.22. The fraction of sp³-hybridized carbons (Fsp3) is 0.571. The summed E-state index contributed by atoms with van der Waals surface area (Å²) < 4.78 is 23.2. The summed E-state index contributed by atoms with van der Waals surface area (Å²) in [4.78, 5) is 12.8. The van der Waals surface area contributed by atoms with Crippen LogP contribution in [0.3, 0.4) is 0 Å². The van der Waals surface area contributed by atoms with E-state index in [4.69, 9.17) is 0 Å². The molecule has 0 aromatic heterocycles. The third kappa shape index (κ3) is 2.80. The quantitative estimate of drug-likeness (QED) is 0.663. The van der Waals surface area contributed by atoms with Crippen LogP contribution in [0.25, 0.3) is 0 Å². The van der Waals surface area contributed by atoms with Crippen molar-refractivity contribution in [2.24, 2.45) is 5.92 Å². The number of rotatable bonds is 3. The number of nitrogens with zero attached hydrogens (tertiary/aromatic N) is 2. The van der Waals surface area contributed by atoms with Gasteiger partial charge in [-0.25, -0.2) is 8.42 Å². The minimum Gasteiger partial charge on any atom is -0.366 e. The van der Waals surface area contributed by atoms with Gasteiger partial charge in [-0.15, -0.1) is 0 Å². The van der Waals surface area contributed by atoms with E-state index in [0.29, 0.717) is 17.6 Å². The molecule has 22 heavy (non-hydrogen) atoms. The monoisotopic (exact) mass is 325 g/mol. The van der Waals surface area contributed by atoms with Crippen LogP contribution in [0.2, 0.25) is 0 Å². The van der Waals surface area contributed by atoms with Gasteiger partial charge in [0.05, 0.1) is 9.82 Å². The maximum Gasteiger partial charge on any atom is 0.293 e. The molecule has 0 spiro atoms. The molecule has 2 unspecified atom stereocenters. The molecular weight excluding hydrogens is 306 g/mol. The van der Waals surface area contributed by atoms with Crippen molar-refractivity contribution in [2.45, 2.75) is 23.8 Å². The highest BCUT2D eigenvalue weighted by atomic mass is 32.2. The van der Waals surface area contributed by atoms with E-state index in [9.17, 15) is 18.5 Å². The maximum atomic E-state index is 11.6. The van der Waals surface area contributed by atoms with Crippen molar-refractivity contribution in [1.82, 2.24) is 5.32 Å². The van der Waals surface area contributed by atoms with E-state index in [0.717, 1.165) is 38.7 Å². The summed E-state index contributed by atoms with van der Waals surface area (Å²) in [6.45, 7) is 2.52. The second kappa shape index (κ2) is 5.51. The normalized spacial score (nSPS) is 25.0. The van der Waals surface area contributed by atoms with Crippen molar-refractivity contribution in [1.29, 1.82) is 0 Å². The average Bonchev–Trinajstić information content (AvgIpc) is 2.92. The minimum absolute atomic E-state index is 0.0135. The number of nitro groups is 1. The Balaban J connectivity index is 1.94. The lowest BCUT2D eigenvalue weighted by atomic mass is 9.93. The molecule has 2 aliphatic rings. The molecule has 2 saturated heterocycles. The zero-order valence-corrected chi connectivity index (χ0v) is 13.2. The van der Waals surface area contributed by atoms with Crippen LogP contribution in [0.15, 0.2) is 23.1 Å². The van der Waals surface area contributed by atoms with Gasteiger partial charge in [0.2, 0.25) is 0 Å². The van der Waals surface area contributed by atoms with E-state index in [1.165, 1.54) is 12.1 Å². The summed E-state index contributed by atoms with van der Waals surface area (Å²) in [7, 11) is -3.45. The Morgan fingerprint density at radius 2 is 2.14 bits per heavy atom. The van der Waals surface area contributed by atoms with E-state index in [1.54, 1.807) is 6.07 Å². The molecule has 1 aromatic carbocycles. The van der Waals surface area contributed by atoms with Gasteiger partial charge in [-0.05, 0) is 37.4 Å². The van der Waals surface area contributed by atoms with Crippen LogP contribution in [0.4, 0.5) is 11.4 Å². The summed E-state index contributed by atoms with van der Waals surface area (Å²) in [6, 6.07) is 4.70. The lowest BCUT2D eigenvalue weighted by Crippen LogP contribution is -2.44. The smallest absolute Gasteiger partial charge is 0.293 e. The molecule has 0 radical (unpaired) electrons. The van der Waals surface area contributed by atoms with E-state index in [-0.39, 0.29) is 10.6 Å². The molecule has 2 fully saturated rings. The zero-order valence-electron chi connectivity index (χ0n) is 12.4. The highest BCUT2D eigenvalue weighted by Crippen LogP contribution is 2.35. The molecule has 0 saturated carbocycles. The van der Waals surface area contributed by atoms with Crippen LogP contribution in [0.5, 0.6) is 0 Å². The van der Waals surface area contributed by atoms with E-state index < -0.39 is 14.8 Å². The number of anilines is 1. The van der Waals surface area contributed by atoms with Crippen molar-refractivity contribution in [3.8, 4) is 0 Å². The number of fused-ring (bicyclic) bond motifs is 1. The molecule has 1 N–H and O–H groups in total. The minimum atomic E-state index is -3.45. The number of sulfone groups is 1. The van der Waals surface area contributed by atoms with Crippen molar-refractivity contribution in [3.63, 3.8) is 0 Å². The fourth-order valence-corrected chi connectivity index (χ4v) is 4.05. The van der Waals surface area contributed by atoms with Crippen molar-refractivity contribution in [2.75, 3.05) is 30.8 Å². The zero-order chi connectivity index (χ0) is 15.9.